The zero-order valence-corrected chi connectivity index (χ0v) is 21.3. The summed E-state index contributed by atoms with van der Waals surface area (Å²) in [6.07, 6.45) is 3.32. The smallest absolute Gasteiger partial charge is 0.243 e. The number of ether oxygens (including phenoxy) is 1. The second-order valence-corrected chi connectivity index (χ2v) is 11.2. The highest BCUT2D eigenvalue weighted by molar-refractivity contribution is 7.98. The van der Waals surface area contributed by atoms with Gasteiger partial charge in [-0.05, 0) is 48.6 Å². The van der Waals surface area contributed by atoms with Gasteiger partial charge in [0.1, 0.15) is 0 Å². The number of benzene rings is 2. The first-order valence-corrected chi connectivity index (χ1v) is 14.2. The minimum absolute atomic E-state index is 0.171. The molecule has 1 saturated heterocycles. The maximum atomic E-state index is 13.0. The lowest BCUT2D eigenvalue weighted by Gasteiger charge is -2.18. The molecular weight excluding hydrogens is 454 g/mol. The Kier molecular flexibility index (Phi) is 7.79. The van der Waals surface area contributed by atoms with Crippen molar-refractivity contribution in [2.75, 3.05) is 19.7 Å². The van der Waals surface area contributed by atoms with E-state index in [1.165, 1.54) is 15.4 Å². The molecule has 0 radical (unpaired) electrons. The van der Waals surface area contributed by atoms with E-state index in [1.54, 1.807) is 23.9 Å². The summed E-state index contributed by atoms with van der Waals surface area (Å²) in [5.41, 5.74) is 4.24. The molecule has 2 aromatic carbocycles. The fourth-order valence-electron chi connectivity index (χ4n) is 4.26. The Morgan fingerprint density at radius 3 is 2.45 bits per heavy atom. The van der Waals surface area contributed by atoms with Crippen molar-refractivity contribution in [3.8, 4) is 0 Å². The standard InChI is InChI=1S/C25H33N3O3S2/c1-4-19-9-11-20(12-10-19)18-32-25-26-23-16-22(33(29,30)27(5-2)6-3)13-14-24(23)28(25)17-21-8-7-15-31-21/h9-14,16,21H,4-8,15,17-18H2,1-3H3/t21-/m0/s1. The van der Waals surface area contributed by atoms with E-state index in [9.17, 15) is 8.42 Å². The molecule has 1 aliphatic heterocycles. The van der Waals surface area contributed by atoms with Crippen LogP contribution in [0.1, 0.15) is 44.7 Å². The van der Waals surface area contributed by atoms with Crippen LogP contribution < -0.4 is 0 Å². The molecule has 178 valence electrons. The normalized spacial score (nSPS) is 16.8. The summed E-state index contributed by atoms with van der Waals surface area (Å²) >= 11 is 1.69. The van der Waals surface area contributed by atoms with Gasteiger partial charge in [0, 0.05) is 25.4 Å². The van der Waals surface area contributed by atoms with Crippen LogP contribution in [0.4, 0.5) is 0 Å². The number of hydrogen-bond acceptors (Lipinski definition) is 5. The fourth-order valence-corrected chi connectivity index (χ4v) is 6.72. The van der Waals surface area contributed by atoms with Crippen molar-refractivity contribution in [3.63, 3.8) is 0 Å². The highest BCUT2D eigenvalue weighted by Gasteiger charge is 2.24. The van der Waals surface area contributed by atoms with Gasteiger partial charge in [-0.25, -0.2) is 13.4 Å². The quantitative estimate of drug-likeness (QED) is 0.372. The van der Waals surface area contributed by atoms with Gasteiger partial charge in [0.25, 0.3) is 0 Å². The van der Waals surface area contributed by atoms with Gasteiger partial charge in [0.05, 0.1) is 28.6 Å². The summed E-state index contributed by atoms with van der Waals surface area (Å²) < 4.78 is 35.6. The highest BCUT2D eigenvalue weighted by Crippen LogP contribution is 2.30. The van der Waals surface area contributed by atoms with Crippen molar-refractivity contribution in [1.29, 1.82) is 0 Å². The average molecular weight is 488 g/mol. The molecule has 3 aromatic rings. The number of rotatable bonds is 10. The highest BCUT2D eigenvalue weighted by atomic mass is 32.2. The van der Waals surface area contributed by atoms with Crippen molar-refractivity contribution >= 4 is 32.8 Å². The summed E-state index contributed by atoms with van der Waals surface area (Å²) in [6.45, 7) is 8.30. The third-order valence-electron chi connectivity index (χ3n) is 6.24. The Labute approximate surface area is 201 Å². The fraction of sp³-hybridized carbons (Fsp3) is 0.480. The van der Waals surface area contributed by atoms with Gasteiger partial charge in [-0.3, -0.25) is 0 Å². The molecule has 1 atom stereocenters. The first kappa shape index (κ1) is 24.3. The summed E-state index contributed by atoms with van der Waals surface area (Å²) in [5.74, 6) is 0.809. The van der Waals surface area contributed by atoms with Gasteiger partial charge in [-0.2, -0.15) is 4.31 Å². The van der Waals surface area contributed by atoms with Crippen LogP contribution in [0.2, 0.25) is 0 Å². The molecule has 0 N–H and O–H groups in total. The number of imidazole rings is 1. The Bertz CT molecular complexity index is 1180. The molecule has 4 rings (SSSR count). The van der Waals surface area contributed by atoms with E-state index in [2.05, 4.69) is 35.8 Å². The zero-order valence-electron chi connectivity index (χ0n) is 19.7. The van der Waals surface area contributed by atoms with E-state index in [4.69, 9.17) is 9.72 Å². The van der Waals surface area contributed by atoms with Crippen molar-refractivity contribution in [3.05, 3.63) is 53.6 Å². The van der Waals surface area contributed by atoms with Crippen LogP contribution >= 0.6 is 11.8 Å². The topological polar surface area (TPSA) is 64.4 Å². The lowest BCUT2D eigenvalue weighted by molar-refractivity contribution is 0.0960. The molecule has 1 fully saturated rings. The molecular formula is C25H33N3O3S2. The Balaban J connectivity index is 1.67. The van der Waals surface area contributed by atoms with E-state index in [0.29, 0.717) is 23.5 Å². The molecule has 0 saturated carbocycles. The van der Waals surface area contributed by atoms with E-state index < -0.39 is 10.0 Å². The second-order valence-electron chi connectivity index (χ2n) is 8.34. The van der Waals surface area contributed by atoms with E-state index in [-0.39, 0.29) is 6.10 Å². The van der Waals surface area contributed by atoms with Crippen LogP contribution in [-0.2, 0) is 33.5 Å². The molecule has 0 unspecified atom stereocenters. The van der Waals surface area contributed by atoms with Crippen LogP contribution in [0, 0.1) is 0 Å². The first-order chi connectivity index (χ1) is 16.0. The molecule has 1 aromatic heterocycles. The second kappa shape index (κ2) is 10.6. The Morgan fingerprint density at radius 1 is 1.09 bits per heavy atom. The van der Waals surface area contributed by atoms with Crippen LogP contribution in [0.25, 0.3) is 11.0 Å². The van der Waals surface area contributed by atoms with Crippen molar-refractivity contribution < 1.29 is 13.2 Å². The third kappa shape index (κ3) is 5.29. The molecule has 0 aliphatic carbocycles. The minimum atomic E-state index is -3.53. The van der Waals surface area contributed by atoms with Crippen molar-refractivity contribution in [2.24, 2.45) is 0 Å². The van der Waals surface area contributed by atoms with E-state index in [1.807, 2.05) is 19.9 Å². The van der Waals surface area contributed by atoms with Crippen LogP contribution in [0.3, 0.4) is 0 Å². The van der Waals surface area contributed by atoms with Gasteiger partial charge < -0.3 is 9.30 Å². The lowest BCUT2D eigenvalue weighted by Crippen LogP contribution is -2.30. The molecule has 1 aliphatic rings. The molecule has 8 heteroatoms. The predicted octanol–water partition coefficient (Wildman–Crippen LogP) is 5.10. The van der Waals surface area contributed by atoms with Crippen LogP contribution in [-0.4, -0.2) is 48.1 Å². The Hall–Kier alpha value is -1.87. The molecule has 6 nitrogen and oxygen atoms in total. The van der Waals surface area contributed by atoms with Gasteiger partial charge in [0.2, 0.25) is 10.0 Å². The largest absolute Gasteiger partial charge is 0.376 e. The molecule has 0 bridgehead atoms. The van der Waals surface area contributed by atoms with E-state index >= 15 is 0 Å². The zero-order chi connectivity index (χ0) is 23.4. The third-order valence-corrected chi connectivity index (χ3v) is 9.33. The molecule has 0 spiro atoms. The van der Waals surface area contributed by atoms with Crippen LogP contribution in [0.5, 0.6) is 0 Å². The SMILES string of the molecule is CCc1ccc(CSc2nc3cc(S(=O)(=O)N(CC)CC)ccc3n2C[C@@H]2CCCO2)cc1. The summed E-state index contributed by atoms with van der Waals surface area (Å²) in [6, 6.07) is 14.0. The van der Waals surface area contributed by atoms with Crippen LogP contribution in [0.15, 0.2) is 52.5 Å². The van der Waals surface area contributed by atoms with E-state index in [0.717, 1.165) is 48.8 Å². The monoisotopic (exact) mass is 487 g/mol. The van der Waals surface area contributed by atoms with Gasteiger partial charge in [-0.15, -0.1) is 0 Å². The summed E-state index contributed by atoms with van der Waals surface area (Å²) in [7, 11) is -3.53. The molecule has 0 amide bonds. The van der Waals surface area contributed by atoms with Gasteiger partial charge in [0.15, 0.2) is 5.16 Å². The predicted molar refractivity (Wildman–Crippen MR) is 134 cm³/mol. The van der Waals surface area contributed by atoms with Crippen molar-refractivity contribution in [2.45, 2.75) is 68.5 Å². The maximum Gasteiger partial charge on any atom is 0.243 e. The van der Waals surface area contributed by atoms with Crippen molar-refractivity contribution in [1.82, 2.24) is 13.9 Å². The minimum Gasteiger partial charge on any atom is -0.376 e. The average Bonchev–Trinajstić information content (AvgIpc) is 3.46. The number of sulfonamides is 1. The number of aromatic nitrogens is 2. The van der Waals surface area contributed by atoms with Gasteiger partial charge >= 0.3 is 0 Å². The lowest BCUT2D eigenvalue weighted by atomic mass is 10.1. The first-order valence-electron chi connectivity index (χ1n) is 11.8. The molecule has 2 heterocycles. The number of thioether (sulfide) groups is 1. The number of hydrogen-bond donors (Lipinski definition) is 0. The number of nitrogens with zero attached hydrogens (tertiary/aromatic N) is 3. The summed E-state index contributed by atoms with van der Waals surface area (Å²) in [4.78, 5) is 5.17. The maximum absolute atomic E-state index is 13.0. The Morgan fingerprint density at radius 2 is 1.82 bits per heavy atom. The molecule has 33 heavy (non-hydrogen) atoms. The summed E-state index contributed by atoms with van der Waals surface area (Å²) in [5, 5.41) is 0.900. The number of aryl methyl sites for hydroxylation is 1. The van der Waals surface area contributed by atoms with Gasteiger partial charge in [-0.1, -0.05) is 56.8 Å². The number of fused-ring (bicyclic) bond motifs is 1.